The largest absolute Gasteiger partial charge is 0.494 e. The molecule has 44 heavy (non-hydrogen) atoms. The van der Waals surface area contributed by atoms with Gasteiger partial charge in [-0.05, 0) is 68.1 Å². The number of halogens is 2. The first-order chi connectivity index (χ1) is 21.4. The average Bonchev–Trinajstić information content (AvgIpc) is 3.05. The Labute approximate surface area is 258 Å². The van der Waals surface area contributed by atoms with Crippen LogP contribution in [-0.4, -0.2) is 22.1 Å². The summed E-state index contributed by atoms with van der Waals surface area (Å²) in [5.41, 5.74) is 3.19. The Bertz CT molecular complexity index is 1660. The summed E-state index contributed by atoms with van der Waals surface area (Å²) >= 11 is 0. The summed E-state index contributed by atoms with van der Waals surface area (Å²) in [4.78, 5) is 17.0. The number of benzene rings is 1. The number of ether oxygens (including phenoxy) is 1. The maximum atomic E-state index is 15.5. The molecule has 1 fully saturated rings. The number of pyridine rings is 3. The second kappa shape index (κ2) is 13.6. The van der Waals surface area contributed by atoms with Crippen molar-refractivity contribution in [2.45, 2.75) is 65.8 Å². The summed E-state index contributed by atoms with van der Waals surface area (Å²) in [6.07, 6.45) is 7.74. The number of nitrogens with zero attached hydrogens (tertiary/aromatic N) is 6. The quantitative estimate of drug-likeness (QED) is 0.228. The molecule has 0 saturated heterocycles. The van der Waals surface area contributed by atoms with Crippen molar-refractivity contribution >= 4 is 17.2 Å². The van der Waals surface area contributed by atoms with Gasteiger partial charge in [0.1, 0.15) is 17.3 Å². The van der Waals surface area contributed by atoms with Crippen LogP contribution in [0.5, 0.6) is 5.75 Å². The van der Waals surface area contributed by atoms with E-state index in [2.05, 4.69) is 27.6 Å². The van der Waals surface area contributed by atoms with Crippen LogP contribution in [0.4, 0.5) is 26.0 Å². The van der Waals surface area contributed by atoms with Gasteiger partial charge in [0.05, 0.1) is 42.2 Å². The van der Waals surface area contributed by atoms with Gasteiger partial charge in [-0.1, -0.05) is 40.3 Å². The normalized spacial score (nSPS) is 14.6. The predicted octanol–water partition coefficient (Wildman–Crippen LogP) is 8.76. The van der Waals surface area contributed by atoms with E-state index in [0.717, 1.165) is 41.8 Å². The minimum Gasteiger partial charge on any atom is -0.494 e. The summed E-state index contributed by atoms with van der Waals surface area (Å²) in [6.45, 7) is 13.9. The molecule has 4 aromatic rings. The van der Waals surface area contributed by atoms with E-state index in [1.165, 1.54) is 18.1 Å². The molecule has 0 N–H and O–H groups in total. The van der Waals surface area contributed by atoms with Crippen LogP contribution in [-0.2, 0) is 12.0 Å². The summed E-state index contributed by atoms with van der Waals surface area (Å²) < 4.78 is 36.1. The molecular formula is C35H38F2N6O. The molecule has 7 nitrogen and oxygen atoms in total. The Hall–Kier alpha value is -4.84. The molecule has 0 atom stereocenters. The molecule has 2 aliphatic rings. The third-order valence-electron chi connectivity index (χ3n) is 7.77. The number of rotatable bonds is 5. The molecule has 6 rings (SSSR count). The molecule has 9 heteroatoms. The number of aromatic nitrogens is 3. The van der Waals surface area contributed by atoms with Crippen molar-refractivity contribution < 1.29 is 13.5 Å². The number of aryl methyl sites for hydroxylation is 1. The first-order valence-corrected chi connectivity index (χ1v) is 14.9. The van der Waals surface area contributed by atoms with E-state index in [9.17, 15) is 5.26 Å². The molecule has 3 aromatic heterocycles. The van der Waals surface area contributed by atoms with Crippen molar-refractivity contribution in [2.75, 3.05) is 16.9 Å². The van der Waals surface area contributed by atoms with Crippen molar-refractivity contribution in [1.82, 2.24) is 15.0 Å². The Morgan fingerprint density at radius 1 is 0.977 bits per heavy atom. The fraction of sp³-hybridized carbons (Fsp3) is 0.314. The zero-order chi connectivity index (χ0) is 32.0. The van der Waals surface area contributed by atoms with Crippen molar-refractivity contribution in [2.24, 2.45) is 0 Å². The fourth-order valence-electron chi connectivity index (χ4n) is 5.32. The van der Waals surface area contributed by atoms with E-state index in [-0.39, 0.29) is 23.5 Å². The molecule has 1 saturated carbocycles. The fourth-order valence-corrected chi connectivity index (χ4v) is 5.32. The van der Waals surface area contributed by atoms with E-state index in [0.29, 0.717) is 17.3 Å². The van der Waals surface area contributed by atoms with Gasteiger partial charge in [-0.2, -0.15) is 5.26 Å². The average molecular weight is 597 g/mol. The smallest absolute Gasteiger partial charge is 0.191 e. The second-order valence-electron chi connectivity index (χ2n) is 10.1. The highest BCUT2D eigenvalue weighted by atomic mass is 19.1. The van der Waals surface area contributed by atoms with Crippen LogP contribution in [0.3, 0.4) is 0 Å². The molecule has 1 aromatic carbocycles. The third kappa shape index (κ3) is 5.60. The van der Waals surface area contributed by atoms with Crippen LogP contribution >= 0.6 is 0 Å². The summed E-state index contributed by atoms with van der Waals surface area (Å²) in [5.74, 6) is -0.704. The Balaban J connectivity index is 0.00000106. The molecular weight excluding hydrogens is 558 g/mol. The summed E-state index contributed by atoms with van der Waals surface area (Å²) in [5, 5.41) is 9.67. The van der Waals surface area contributed by atoms with Crippen molar-refractivity contribution in [3.8, 4) is 23.1 Å². The molecule has 4 heterocycles. The lowest BCUT2D eigenvalue weighted by Crippen LogP contribution is -2.38. The highest BCUT2D eigenvalue weighted by Gasteiger charge is 2.40. The standard InChI is InChI=1S/C31H26F2N6O.2C2H6/c1-19-13-25(40-3)29(33)30(28(19)32)38-17-22-16-36-23(14-24(22)39(20(38)2)27-7-4-5-12-35-27)21-8-9-26(37-15-21)31(18-34)10-6-11-31;2*1-2/h4-5,7-9,12-16H,2,6,10-11,17H2,1,3H3;2*1-2H3. The molecule has 1 aliphatic carbocycles. The zero-order valence-electron chi connectivity index (χ0n) is 26.2. The highest BCUT2D eigenvalue weighted by Crippen LogP contribution is 2.45. The minimum atomic E-state index is -0.812. The van der Waals surface area contributed by atoms with Gasteiger partial charge in [0.25, 0.3) is 0 Å². The zero-order valence-corrected chi connectivity index (χ0v) is 26.2. The number of nitriles is 1. The first-order valence-electron chi connectivity index (χ1n) is 14.9. The van der Waals surface area contributed by atoms with Crippen LogP contribution in [0.1, 0.15) is 63.8 Å². The molecule has 0 unspecified atom stereocenters. The molecule has 0 radical (unpaired) electrons. The predicted molar refractivity (Wildman–Crippen MR) is 171 cm³/mol. The van der Waals surface area contributed by atoms with Crippen LogP contribution < -0.4 is 14.5 Å². The van der Waals surface area contributed by atoms with E-state index in [1.807, 2.05) is 52.0 Å². The van der Waals surface area contributed by atoms with E-state index >= 15 is 8.78 Å². The Kier molecular flexibility index (Phi) is 9.94. The van der Waals surface area contributed by atoms with Crippen LogP contribution in [0.2, 0.25) is 0 Å². The SMILES string of the molecule is C=C1N(c2c(F)c(C)cc(OC)c2F)Cc2cnc(-c3ccc(C4(C#N)CCC4)nc3)cc2N1c1ccccn1.CC.CC. The number of methoxy groups -OCH3 is 1. The van der Waals surface area contributed by atoms with Gasteiger partial charge >= 0.3 is 0 Å². The van der Waals surface area contributed by atoms with Crippen LogP contribution in [0.15, 0.2) is 73.5 Å². The van der Waals surface area contributed by atoms with E-state index in [1.54, 1.807) is 42.5 Å². The van der Waals surface area contributed by atoms with Gasteiger partial charge in [0.2, 0.25) is 0 Å². The van der Waals surface area contributed by atoms with E-state index in [4.69, 9.17) is 4.74 Å². The molecule has 0 spiro atoms. The lowest BCUT2D eigenvalue weighted by atomic mass is 9.67. The minimum absolute atomic E-state index is 0.0543. The van der Waals surface area contributed by atoms with Crippen LogP contribution in [0, 0.1) is 29.9 Å². The lowest BCUT2D eigenvalue weighted by molar-refractivity contribution is 0.316. The topological polar surface area (TPSA) is 78.2 Å². The van der Waals surface area contributed by atoms with Crippen LogP contribution in [0.25, 0.3) is 11.3 Å². The third-order valence-corrected chi connectivity index (χ3v) is 7.77. The first kappa shape index (κ1) is 32.1. The number of hydrogen-bond acceptors (Lipinski definition) is 7. The van der Waals surface area contributed by atoms with Gasteiger partial charge in [-0.25, -0.2) is 13.8 Å². The monoisotopic (exact) mass is 596 g/mol. The number of hydrogen-bond donors (Lipinski definition) is 0. The number of fused-ring (bicyclic) bond motifs is 1. The van der Waals surface area contributed by atoms with E-state index < -0.39 is 17.0 Å². The van der Waals surface area contributed by atoms with Gasteiger partial charge < -0.3 is 9.64 Å². The summed E-state index contributed by atoms with van der Waals surface area (Å²) in [6, 6.07) is 14.9. The molecule has 0 amide bonds. The van der Waals surface area contributed by atoms with Gasteiger partial charge in [0, 0.05) is 29.7 Å². The van der Waals surface area contributed by atoms with Crippen molar-refractivity contribution in [1.29, 1.82) is 5.26 Å². The molecule has 0 bridgehead atoms. The van der Waals surface area contributed by atoms with Gasteiger partial charge in [-0.3, -0.25) is 14.9 Å². The Morgan fingerprint density at radius 3 is 2.30 bits per heavy atom. The second-order valence-corrected chi connectivity index (χ2v) is 10.1. The highest BCUT2D eigenvalue weighted by molar-refractivity contribution is 5.79. The maximum Gasteiger partial charge on any atom is 0.191 e. The van der Waals surface area contributed by atoms with Gasteiger partial charge in [0.15, 0.2) is 17.4 Å². The number of anilines is 3. The Morgan fingerprint density at radius 2 is 1.73 bits per heavy atom. The van der Waals surface area contributed by atoms with Crippen molar-refractivity contribution in [3.05, 3.63) is 102 Å². The summed E-state index contributed by atoms with van der Waals surface area (Å²) in [7, 11) is 1.35. The maximum absolute atomic E-state index is 15.5. The lowest BCUT2D eigenvalue weighted by Gasteiger charge is -2.40. The molecule has 1 aliphatic heterocycles. The van der Waals surface area contributed by atoms with Gasteiger partial charge in [-0.15, -0.1) is 0 Å². The molecule has 228 valence electrons. The van der Waals surface area contributed by atoms with Crippen molar-refractivity contribution in [3.63, 3.8) is 0 Å².